The number of aliphatic carboxylic acids is 1. The monoisotopic (exact) mass is 374 g/mol. The second-order valence-electron chi connectivity index (χ2n) is 11.7. The van der Waals surface area contributed by atoms with Crippen molar-refractivity contribution in [1.29, 1.82) is 0 Å². The van der Waals surface area contributed by atoms with Gasteiger partial charge in [0.15, 0.2) is 0 Å². The molecule has 0 heterocycles. The molecule has 27 heavy (non-hydrogen) atoms. The van der Waals surface area contributed by atoms with E-state index in [0.717, 1.165) is 41.9 Å². The highest BCUT2D eigenvalue weighted by atomic mass is 16.4. The van der Waals surface area contributed by atoms with Gasteiger partial charge >= 0.3 is 5.97 Å². The lowest BCUT2D eigenvalue weighted by molar-refractivity contribution is -0.137. The van der Waals surface area contributed by atoms with Crippen molar-refractivity contribution in [3.63, 3.8) is 0 Å². The van der Waals surface area contributed by atoms with Crippen molar-refractivity contribution in [2.45, 2.75) is 98.3 Å². The van der Waals surface area contributed by atoms with Crippen LogP contribution in [-0.2, 0) is 4.79 Å². The molecule has 4 saturated carbocycles. The summed E-state index contributed by atoms with van der Waals surface area (Å²) >= 11 is 0. The van der Waals surface area contributed by atoms with Crippen LogP contribution in [0.4, 0.5) is 0 Å². The fourth-order valence-electron chi connectivity index (χ4n) is 9.00. The zero-order valence-corrected chi connectivity index (χ0v) is 18.2. The molecule has 0 aromatic heterocycles. The van der Waals surface area contributed by atoms with E-state index in [9.17, 15) is 4.79 Å². The maximum atomic E-state index is 11.1. The normalized spacial score (nSPS) is 50.4. The van der Waals surface area contributed by atoms with Gasteiger partial charge in [-0.15, -0.1) is 0 Å². The Morgan fingerprint density at radius 3 is 2.44 bits per heavy atom. The second kappa shape index (κ2) is 7.06. The first-order valence-corrected chi connectivity index (χ1v) is 12.0. The van der Waals surface area contributed by atoms with Crippen molar-refractivity contribution < 1.29 is 9.90 Å². The zero-order chi connectivity index (χ0) is 19.4. The Kier molecular flexibility index (Phi) is 5.17. The third-order valence-electron chi connectivity index (χ3n) is 10.5. The second-order valence-corrected chi connectivity index (χ2v) is 11.7. The van der Waals surface area contributed by atoms with Crippen molar-refractivity contribution in [3.8, 4) is 0 Å². The van der Waals surface area contributed by atoms with Crippen LogP contribution in [-0.4, -0.2) is 11.1 Å². The number of hydrogen-bond donors (Lipinski definition) is 1. The first kappa shape index (κ1) is 19.8. The minimum absolute atomic E-state index is 0.350. The van der Waals surface area contributed by atoms with E-state index in [4.69, 9.17) is 5.11 Å². The molecule has 4 fully saturated rings. The third kappa shape index (κ3) is 3.18. The summed E-state index contributed by atoms with van der Waals surface area (Å²) in [4.78, 5) is 11.1. The number of carboxylic acid groups (broad SMARTS) is 1. The van der Waals surface area contributed by atoms with Crippen LogP contribution >= 0.6 is 0 Å². The minimum Gasteiger partial charge on any atom is -0.481 e. The van der Waals surface area contributed by atoms with E-state index in [-0.39, 0.29) is 0 Å². The van der Waals surface area contributed by atoms with Gasteiger partial charge in [-0.25, -0.2) is 0 Å². The lowest BCUT2D eigenvalue weighted by Crippen LogP contribution is -2.53. The van der Waals surface area contributed by atoms with Crippen LogP contribution in [0.15, 0.2) is 0 Å². The summed E-state index contributed by atoms with van der Waals surface area (Å²) < 4.78 is 0. The molecule has 9 atom stereocenters. The van der Waals surface area contributed by atoms with Crippen molar-refractivity contribution in [3.05, 3.63) is 0 Å². The molecule has 1 N–H and O–H groups in total. The summed E-state index contributed by atoms with van der Waals surface area (Å²) in [6, 6.07) is 0. The molecule has 0 bridgehead atoms. The molecule has 2 heteroatoms. The molecule has 4 rings (SSSR count). The quantitative estimate of drug-likeness (QED) is 0.588. The Hall–Kier alpha value is -0.530. The fraction of sp³-hybridized carbons (Fsp3) is 0.960. The van der Waals surface area contributed by atoms with E-state index in [1.165, 1.54) is 57.8 Å². The molecule has 0 aliphatic heterocycles. The van der Waals surface area contributed by atoms with Gasteiger partial charge in [0.25, 0.3) is 0 Å². The average Bonchev–Trinajstić information content (AvgIpc) is 2.97. The molecule has 0 spiro atoms. The van der Waals surface area contributed by atoms with Crippen LogP contribution in [0.2, 0.25) is 0 Å². The molecule has 2 nitrogen and oxygen atoms in total. The molecule has 9 unspecified atom stereocenters. The largest absolute Gasteiger partial charge is 0.481 e. The summed E-state index contributed by atoms with van der Waals surface area (Å²) in [5.74, 6) is 5.45. The zero-order valence-electron chi connectivity index (χ0n) is 18.2. The Balaban J connectivity index is 1.51. The maximum Gasteiger partial charge on any atom is 0.303 e. The standard InChI is InChI=1S/C25H42O2/c1-16-11-13-24(3)18(15-16)6-7-19-21-9-8-20(17(2)5-10-23(26)27)25(21,4)14-12-22(19)24/h16-22H,5-15H2,1-4H3,(H,26,27). The molecule has 0 aromatic rings. The number of carbonyl (C=O) groups is 1. The summed E-state index contributed by atoms with van der Waals surface area (Å²) in [6.45, 7) is 10.1. The molecule has 4 aliphatic carbocycles. The van der Waals surface area contributed by atoms with Crippen molar-refractivity contribution >= 4 is 5.97 Å². The molecule has 4 aliphatic rings. The van der Waals surface area contributed by atoms with Gasteiger partial charge in [-0.2, -0.15) is 0 Å². The number of fused-ring (bicyclic) bond motifs is 5. The Morgan fingerprint density at radius 2 is 1.70 bits per heavy atom. The first-order valence-electron chi connectivity index (χ1n) is 12.0. The van der Waals surface area contributed by atoms with Crippen LogP contribution in [0, 0.1) is 52.3 Å². The number of hydrogen-bond acceptors (Lipinski definition) is 1. The lowest BCUT2D eigenvalue weighted by Gasteiger charge is -2.61. The number of carboxylic acids is 1. The van der Waals surface area contributed by atoms with Gasteiger partial charge in [0.1, 0.15) is 0 Å². The summed E-state index contributed by atoms with van der Waals surface area (Å²) in [5.41, 5.74) is 1.09. The number of rotatable bonds is 4. The SMILES string of the molecule is CC1CCC2(C)C(CCC3C2CCC2(C)C(C(C)CCC(=O)O)CCC32)C1. The van der Waals surface area contributed by atoms with Crippen molar-refractivity contribution in [2.24, 2.45) is 52.3 Å². The molecule has 0 amide bonds. The van der Waals surface area contributed by atoms with Gasteiger partial charge in [0.2, 0.25) is 0 Å². The summed E-state index contributed by atoms with van der Waals surface area (Å²) in [5, 5.41) is 9.11. The predicted molar refractivity (Wildman–Crippen MR) is 110 cm³/mol. The summed E-state index contributed by atoms with van der Waals surface area (Å²) in [6.07, 6.45) is 14.2. The topological polar surface area (TPSA) is 37.3 Å². The average molecular weight is 375 g/mol. The van der Waals surface area contributed by atoms with Crippen LogP contribution in [0.5, 0.6) is 0 Å². The van der Waals surface area contributed by atoms with Crippen LogP contribution < -0.4 is 0 Å². The van der Waals surface area contributed by atoms with E-state index in [0.29, 0.717) is 23.2 Å². The highest BCUT2D eigenvalue weighted by Crippen LogP contribution is 2.68. The third-order valence-corrected chi connectivity index (χ3v) is 10.5. The Morgan fingerprint density at radius 1 is 1.00 bits per heavy atom. The van der Waals surface area contributed by atoms with Crippen molar-refractivity contribution in [2.75, 3.05) is 0 Å². The molecular weight excluding hydrogens is 332 g/mol. The van der Waals surface area contributed by atoms with E-state index in [2.05, 4.69) is 27.7 Å². The highest BCUT2D eigenvalue weighted by molar-refractivity contribution is 5.66. The van der Waals surface area contributed by atoms with Crippen LogP contribution in [0.25, 0.3) is 0 Å². The smallest absolute Gasteiger partial charge is 0.303 e. The van der Waals surface area contributed by atoms with Gasteiger partial charge in [0.05, 0.1) is 0 Å². The molecule has 0 radical (unpaired) electrons. The van der Waals surface area contributed by atoms with Crippen molar-refractivity contribution in [1.82, 2.24) is 0 Å². The van der Waals surface area contributed by atoms with E-state index >= 15 is 0 Å². The van der Waals surface area contributed by atoms with Crippen LogP contribution in [0.3, 0.4) is 0 Å². The van der Waals surface area contributed by atoms with E-state index in [1.54, 1.807) is 0 Å². The lowest BCUT2D eigenvalue weighted by atomic mass is 9.44. The van der Waals surface area contributed by atoms with E-state index in [1.807, 2.05) is 0 Å². The molecule has 0 aromatic carbocycles. The highest BCUT2D eigenvalue weighted by Gasteiger charge is 2.60. The Bertz CT molecular complexity index is 571. The minimum atomic E-state index is -0.622. The first-order chi connectivity index (χ1) is 12.8. The molecule has 154 valence electrons. The van der Waals surface area contributed by atoms with Gasteiger partial charge in [-0.3, -0.25) is 4.79 Å². The van der Waals surface area contributed by atoms with Gasteiger partial charge < -0.3 is 5.11 Å². The maximum absolute atomic E-state index is 11.1. The van der Waals surface area contributed by atoms with Gasteiger partial charge in [-0.1, -0.05) is 34.1 Å². The predicted octanol–water partition coefficient (Wildman–Crippen LogP) is 6.78. The van der Waals surface area contributed by atoms with Gasteiger partial charge in [-0.05, 0) is 110 Å². The molecule has 0 saturated heterocycles. The summed E-state index contributed by atoms with van der Waals surface area (Å²) in [7, 11) is 0. The molecular formula is C25H42O2. The Labute approximate surface area is 166 Å². The van der Waals surface area contributed by atoms with E-state index < -0.39 is 5.97 Å². The van der Waals surface area contributed by atoms with Gasteiger partial charge in [0, 0.05) is 6.42 Å². The fourth-order valence-corrected chi connectivity index (χ4v) is 9.00. The van der Waals surface area contributed by atoms with Crippen LogP contribution in [0.1, 0.15) is 98.3 Å².